The van der Waals surface area contributed by atoms with Crippen LogP contribution in [0.5, 0.6) is 5.75 Å². The fourth-order valence-corrected chi connectivity index (χ4v) is 3.71. The van der Waals surface area contributed by atoms with Crippen LogP contribution < -0.4 is 20.9 Å². The van der Waals surface area contributed by atoms with Gasteiger partial charge in [0.05, 0.1) is 5.56 Å². The number of carbonyl (C=O) groups is 2. The molecule has 0 aliphatic heterocycles. The number of benzene rings is 2. The Hall–Kier alpha value is -2.87. The molecule has 2 unspecified atom stereocenters. The molecule has 2 rings (SSSR count). The first-order chi connectivity index (χ1) is 14.9. The zero-order valence-corrected chi connectivity index (χ0v) is 19.2. The summed E-state index contributed by atoms with van der Waals surface area (Å²) in [7, 11) is -4.66. The Morgan fingerprint density at radius 3 is 2.22 bits per heavy atom. The third-order valence-corrected chi connectivity index (χ3v) is 5.08. The van der Waals surface area contributed by atoms with Gasteiger partial charge in [0.15, 0.2) is 0 Å². The number of para-hydroxylation sites is 1. The fraction of sp³-hybridized carbons (Fsp3) is 0.364. The second-order valence-corrected chi connectivity index (χ2v) is 9.25. The number of amides is 2. The minimum atomic E-state index is -4.66. The summed E-state index contributed by atoms with van der Waals surface area (Å²) in [6.45, 7) is 6.02. The lowest BCUT2D eigenvalue weighted by molar-refractivity contribution is -0.123. The highest BCUT2D eigenvalue weighted by Gasteiger charge is 2.24. The molecular formula is C22H30N3O6P. The van der Waals surface area contributed by atoms with Gasteiger partial charge < -0.3 is 20.9 Å². The second kappa shape index (κ2) is 11.1. The van der Waals surface area contributed by atoms with Crippen LogP contribution in [0.15, 0.2) is 48.5 Å². The number of nitrogens with one attached hydrogen (secondary N) is 2. The van der Waals surface area contributed by atoms with Gasteiger partial charge in [-0.3, -0.25) is 19.4 Å². The third-order valence-electron chi connectivity index (χ3n) is 4.63. The number of phosphoric ester groups is 1. The van der Waals surface area contributed by atoms with E-state index in [2.05, 4.69) is 29.0 Å². The maximum Gasteiger partial charge on any atom is 0.524 e. The van der Waals surface area contributed by atoms with Gasteiger partial charge >= 0.3 is 7.82 Å². The minimum Gasteiger partial charge on any atom is -0.404 e. The van der Waals surface area contributed by atoms with Crippen molar-refractivity contribution >= 4 is 25.3 Å². The number of rotatable bonds is 10. The van der Waals surface area contributed by atoms with Gasteiger partial charge in [-0.25, -0.2) is 4.57 Å². The molecule has 0 aliphatic carbocycles. The standard InChI is InChI=1S/C22H30N3O6P/c1-14(2)12-15(3)24-22(27)20(25-21(26)18-6-4-5-7-19(18)23)13-16-8-10-17(11-9-16)31-32(28,29)30/h4-11,14-15,20H,12-13,23H2,1-3H3,(H,24,27)(H,25,26)(H2,28,29,30). The van der Waals surface area contributed by atoms with E-state index >= 15 is 0 Å². The number of hydrogen-bond acceptors (Lipinski definition) is 5. The van der Waals surface area contributed by atoms with Crippen molar-refractivity contribution in [3.8, 4) is 5.75 Å². The van der Waals surface area contributed by atoms with E-state index in [-0.39, 0.29) is 29.7 Å². The predicted molar refractivity (Wildman–Crippen MR) is 122 cm³/mol. The maximum atomic E-state index is 13.0. The summed E-state index contributed by atoms with van der Waals surface area (Å²) < 4.78 is 15.5. The number of nitrogens with two attached hydrogens (primary N) is 1. The molecule has 2 atom stereocenters. The number of anilines is 1. The van der Waals surface area contributed by atoms with Crippen molar-refractivity contribution in [3.63, 3.8) is 0 Å². The van der Waals surface area contributed by atoms with Crippen LogP contribution in [0.1, 0.15) is 43.1 Å². The molecule has 6 N–H and O–H groups in total. The molecule has 174 valence electrons. The van der Waals surface area contributed by atoms with Crippen LogP contribution in [0.4, 0.5) is 5.69 Å². The van der Waals surface area contributed by atoms with Gasteiger partial charge in [0.25, 0.3) is 5.91 Å². The highest BCUT2D eigenvalue weighted by molar-refractivity contribution is 7.46. The lowest BCUT2D eigenvalue weighted by atomic mass is 10.0. The molecule has 0 fully saturated rings. The van der Waals surface area contributed by atoms with Gasteiger partial charge in [-0.2, -0.15) is 0 Å². The second-order valence-electron chi connectivity index (χ2n) is 8.08. The first-order valence-electron chi connectivity index (χ1n) is 10.2. The summed E-state index contributed by atoms with van der Waals surface area (Å²) in [4.78, 5) is 43.6. The number of carbonyl (C=O) groups excluding carboxylic acids is 2. The van der Waals surface area contributed by atoms with Crippen LogP contribution in [0, 0.1) is 5.92 Å². The Balaban J connectivity index is 2.19. The van der Waals surface area contributed by atoms with Gasteiger partial charge in [-0.1, -0.05) is 38.1 Å². The summed E-state index contributed by atoms with van der Waals surface area (Å²) in [5.41, 5.74) is 7.13. The van der Waals surface area contributed by atoms with E-state index in [4.69, 9.17) is 15.5 Å². The molecule has 0 aliphatic rings. The van der Waals surface area contributed by atoms with E-state index in [0.717, 1.165) is 6.42 Å². The van der Waals surface area contributed by atoms with E-state index in [9.17, 15) is 14.2 Å². The topological polar surface area (TPSA) is 151 Å². The van der Waals surface area contributed by atoms with Crippen molar-refractivity contribution in [1.29, 1.82) is 0 Å². The number of phosphoric acid groups is 1. The molecule has 32 heavy (non-hydrogen) atoms. The molecule has 2 amide bonds. The zero-order valence-electron chi connectivity index (χ0n) is 18.3. The van der Waals surface area contributed by atoms with Crippen molar-refractivity contribution in [2.75, 3.05) is 5.73 Å². The summed E-state index contributed by atoms with van der Waals surface area (Å²) in [6, 6.07) is 11.5. The van der Waals surface area contributed by atoms with Crippen molar-refractivity contribution < 1.29 is 28.5 Å². The van der Waals surface area contributed by atoms with Crippen LogP contribution in [-0.4, -0.2) is 33.7 Å². The van der Waals surface area contributed by atoms with Crippen LogP contribution >= 0.6 is 7.82 Å². The highest BCUT2D eigenvalue weighted by atomic mass is 31.2. The van der Waals surface area contributed by atoms with Gasteiger partial charge in [0.2, 0.25) is 5.91 Å². The van der Waals surface area contributed by atoms with Crippen molar-refractivity contribution in [3.05, 3.63) is 59.7 Å². The lowest BCUT2D eigenvalue weighted by Gasteiger charge is -2.23. The van der Waals surface area contributed by atoms with E-state index < -0.39 is 19.8 Å². The Morgan fingerprint density at radius 1 is 1.03 bits per heavy atom. The molecule has 9 nitrogen and oxygen atoms in total. The monoisotopic (exact) mass is 463 g/mol. The van der Waals surface area contributed by atoms with Crippen LogP contribution in [0.2, 0.25) is 0 Å². The summed E-state index contributed by atoms with van der Waals surface area (Å²) in [5.74, 6) is -0.420. The molecule has 0 saturated heterocycles. The quantitative estimate of drug-likeness (QED) is 0.268. The van der Waals surface area contributed by atoms with E-state index in [1.165, 1.54) is 12.1 Å². The van der Waals surface area contributed by atoms with Crippen molar-refractivity contribution in [1.82, 2.24) is 10.6 Å². The van der Waals surface area contributed by atoms with Crippen molar-refractivity contribution in [2.45, 2.75) is 45.7 Å². The highest BCUT2D eigenvalue weighted by Crippen LogP contribution is 2.37. The Kier molecular flexibility index (Phi) is 8.83. The van der Waals surface area contributed by atoms with Gasteiger partial charge in [-0.05, 0) is 49.1 Å². The fourth-order valence-electron chi connectivity index (χ4n) is 3.32. The number of hydrogen-bond donors (Lipinski definition) is 5. The Bertz CT molecular complexity index is 974. The molecule has 0 spiro atoms. The average molecular weight is 463 g/mol. The van der Waals surface area contributed by atoms with Gasteiger partial charge in [-0.15, -0.1) is 0 Å². The molecule has 0 radical (unpaired) electrons. The maximum absolute atomic E-state index is 13.0. The smallest absolute Gasteiger partial charge is 0.404 e. The molecule has 0 aromatic heterocycles. The predicted octanol–water partition coefficient (Wildman–Crippen LogP) is 2.63. The molecule has 2 aromatic carbocycles. The SMILES string of the molecule is CC(C)CC(C)NC(=O)C(Cc1ccc(OP(=O)(O)O)cc1)NC(=O)c1ccccc1N. The first kappa shape index (κ1) is 25.4. The molecule has 0 bridgehead atoms. The van der Waals surface area contributed by atoms with Crippen LogP contribution in [0.3, 0.4) is 0 Å². The summed E-state index contributed by atoms with van der Waals surface area (Å²) >= 11 is 0. The normalized spacial score (nSPS) is 13.3. The molecule has 0 heterocycles. The molecule has 10 heteroatoms. The molecule has 2 aromatic rings. The first-order valence-corrected chi connectivity index (χ1v) is 11.8. The van der Waals surface area contributed by atoms with Crippen LogP contribution in [0.25, 0.3) is 0 Å². The summed E-state index contributed by atoms with van der Waals surface area (Å²) in [5, 5.41) is 5.68. The lowest BCUT2D eigenvalue weighted by Crippen LogP contribution is -2.50. The number of nitrogen functional groups attached to an aromatic ring is 1. The van der Waals surface area contributed by atoms with Crippen LogP contribution in [-0.2, 0) is 15.8 Å². The van der Waals surface area contributed by atoms with E-state index in [1.54, 1.807) is 36.4 Å². The summed E-state index contributed by atoms with van der Waals surface area (Å²) in [6.07, 6.45) is 0.946. The Labute approximate surface area is 187 Å². The van der Waals surface area contributed by atoms with E-state index in [0.29, 0.717) is 17.2 Å². The van der Waals surface area contributed by atoms with Gasteiger partial charge in [0.1, 0.15) is 11.8 Å². The largest absolute Gasteiger partial charge is 0.524 e. The van der Waals surface area contributed by atoms with Gasteiger partial charge in [0, 0.05) is 18.2 Å². The zero-order chi connectivity index (χ0) is 23.9. The molecular weight excluding hydrogens is 433 g/mol. The third kappa shape index (κ3) is 8.34. The minimum absolute atomic E-state index is 0.00487. The molecule has 0 saturated carbocycles. The van der Waals surface area contributed by atoms with E-state index in [1.807, 2.05) is 6.92 Å². The van der Waals surface area contributed by atoms with Crippen molar-refractivity contribution in [2.24, 2.45) is 5.92 Å². The Morgan fingerprint density at radius 2 is 1.66 bits per heavy atom. The average Bonchev–Trinajstić information content (AvgIpc) is 2.67.